The van der Waals surface area contributed by atoms with E-state index in [1.165, 1.54) is 193 Å². The average molecular weight is 892 g/mol. The Kier molecular flexibility index (Phi) is 47.1. The van der Waals surface area contributed by atoms with Crippen molar-refractivity contribution in [2.45, 2.75) is 317 Å². The fourth-order valence-electron chi connectivity index (χ4n) is 8.61. The highest BCUT2D eigenvalue weighted by molar-refractivity contribution is 5.71. The number of hydrogen-bond acceptors (Lipinski definition) is 6. The fraction of sp³-hybridized carbons (Fsp3) is 0.947. The van der Waals surface area contributed by atoms with E-state index in [0.29, 0.717) is 19.3 Å². The van der Waals surface area contributed by atoms with Crippen molar-refractivity contribution >= 4 is 17.9 Å². The van der Waals surface area contributed by atoms with Crippen LogP contribution in [0, 0.1) is 17.8 Å². The van der Waals surface area contributed by atoms with Crippen molar-refractivity contribution in [3.63, 3.8) is 0 Å². The largest absolute Gasteiger partial charge is 0.462 e. The van der Waals surface area contributed by atoms with E-state index in [9.17, 15) is 14.4 Å². The number of carbonyl (C=O) groups excluding carboxylic acids is 3. The van der Waals surface area contributed by atoms with Gasteiger partial charge in [0.2, 0.25) is 0 Å². The van der Waals surface area contributed by atoms with Crippen LogP contribution in [0.4, 0.5) is 0 Å². The molecule has 0 fully saturated rings. The zero-order chi connectivity index (χ0) is 46.3. The third-order valence-electron chi connectivity index (χ3n) is 13.3. The van der Waals surface area contributed by atoms with E-state index < -0.39 is 6.10 Å². The zero-order valence-electron chi connectivity index (χ0n) is 43.4. The molecule has 0 aliphatic heterocycles. The van der Waals surface area contributed by atoms with Gasteiger partial charge in [-0.25, -0.2) is 0 Å². The summed E-state index contributed by atoms with van der Waals surface area (Å²) < 4.78 is 16.9. The molecule has 0 saturated heterocycles. The molecule has 0 heterocycles. The lowest BCUT2D eigenvalue weighted by molar-refractivity contribution is -0.167. The maximum atomic E-state index is 12.8. The molecule has 0 saturated carbocycles. The van der Waals surface area contributed by atoms with Gasteiger partial charge in [-0.15, -0.1) is 0 Å². The predicted molar refractivity (Wildman–Crippen MR) is 270 cm³/mol. The Balaban J connectivity index is 4.28. The third kappa shape index (κ3) is 49.7. The lowest BCUT2D eigenvalue weighted by atomic mass is 9.99. The maximum Gasteiger partial charge on any atom is 0.306 e. The first kappa shape index (κ1) is 61.4. The van der Waals surface area contributed by atoms with Gasteiger partial charge in [-0.2, -0.15) is 0 Å². The Morgan fingerprint density at radius 1 is 0.317 bits per heavy atom. The summed E-state index contributed by atoms with van der Waals surface area (Å²) in [6, 6.07) is 0. The Morgan fingerprint density at radius 2 is 0.556 bits per heavy atom. The molecule has 0 aromatic heterocycles. The van der Waals surface area contributed by atoms with E-state index in [1.54, 1.807) is 0 Å². The van der Waals surface area contributed by atoms with E-state index in [4.69, 9.17) is 14.2 Å². The summed E-state index contributed by atoms with van der Waals surface area (Å²) >= 11 is 0. The van der Waals surface area contributed by atoms with Crippen molar-refractivity contribution < 1.29 is 28.6 Å². The second kappa shape index (κ2) is 48.3. The molecule has 1 unspecified atom stereocenters. The topological polar surface area (TPSA) is 78.9 Å². The fourth-order valence-corrected chi connectivity index (χ4v) is 8.61. The van der Waals surface area contributed by atoms with Crippen molar-refractivity contribution in [2.24, 2.45) is 17.8 Å². The van der Waals surface area contributed by atoms with Crippen LogP contribution in [-0.2, 0) is 28.6 Å². The molecule has 63 heavy (non-hydrogen) atoms. The number of ether oxygens (including phenoxy) is 3. The number of esters is 3. The first-order chi connectivity index (χ1) is 30.6. The van der Waals surface area contributed by atoms with Crippen LogP contribution >= 0.6 is 0 Å². The standard InChI is InChI=1S/C57H110O6/c1-7-53(6)45-39-33-27-21-16-17-23-30-36-42-48-57(60)63-54(50-62-56(59)47-41-35-29-24-18-20-26-32-38-44-52(4)5)49-61-55(58)46-40-34-28-22-15-13-11-9-8-10-12-14-19-25-31-37-43-51(2)3/h51-54H,7-50H2,1-6H3/t53?,54-/m0/s1. The van der Waals surface area contributed by atoms with Gasteiger partial charge < -0.3 is 14.2 Å². The molecule has 0 aromatic rings. The first-order valence-corrected chi connectivity index (χ1v) is 28.1. The number of rotatable bonds is 50. The molecule has 2 atom stereocenters. The van der Waals surface area contributed by atoms with Gasteiger partial charge in [-0.3, -0.25) is 14.4 Å². The number of carbonyl (C=O) groups is 3. The smallest absolute Gasteiger partial charge is 0.306 e. The zero-order valence-corrected chi connectivity index (χ0v) is 43.4. The van der Waals surface area contributed by atoms with E-state index >= 15 is 0 Å². The van der Waals surface area contributed by atoms with Crippen molar-refractivity contribution in [2.75, 3.05) is 13.2 Å². The summed E-state index contributed by atoms with van der Waals surface area (Å²) in [6.07, 6.45) is 49.5. The molecule has 0 amide bonds. The van der Waals surface area contributed by atoms with E-state index in [0.717, 1.165) is 75.5 Å². The Bertz CT molecular complexity index is 978. The van der Waals surface area contributed by atoms with Gasteiger partial charge in [0.05, 0.1) is 0 Å². The van der Waals surface area contributed by atoms with Gasteiger partial charge in [0.15, 0.2) is 6.10 Å². The van der Waals surface area contributed by atoms with Crippen molar-refractivity contribution in [3.05, 3.63) is 0 Å². The molecule has 374 valence electrons. The first-order valence-electron chi connectivity index (χ1n) is 28.1. The molecule has 0 aliphatic rings. The minimum Gasteiger partial charge on any atom is -0.462 e. The monoisotopic (exact) mass is 891 g/mol. The van der Waals surface area contributed by atoms with Crippen LogP contribution in [0.3, 0.4) is 0 Å². The van der Waals surface area contributed by atoms with Gasteiger partial charge in [0.1, 0.15) is 13.2 Å². The van der Waals surface area contributed by atoms with Gasteiger partial charge in [-0.1, -0.05) is 273 Å². The Hall–Kier alpha value is -1.59. The van der Waals surface area contributed by atoms with Crippen molar-refractivity contribution in [1.29, 1.82) is 0 Å². The van der Waals surface area contributed by atoms with Crippen LogP contribution in [0.25, 0.3) is 0 Å². The molecule has 0 radical (unpaired) electrons. The normalized spacial score (nSPS) is 12.6. The summed E-state index contributed by atoms with van der Waals surface area (Å²) in [5.41, 5.74) is 0. The minimum absolute atomic E-state index is 0.0641. The Morgan fingerprint density at radius 3 is 0.825 bits per heavy atom. The minimum atomic E-state index is -0.763. The summed E-state index contributed by atoms with van der Waals surface area (Å²) in [6.45, 7) is 13.8. The molecule has 0 bridgehead atoms. The van der Waals surface area contributed by atoms with Gasteiger partial charge in [0, 0.05) is 19.3 Å². The van der Waals surface area contributed by atoms with Gasteiger partial charge in [-0.05, 0) is 37.0 Å². The third-order valence-corrected chi connectivity index (χ3v) is 13.3. The van der Waals surface area contributed by atoms with E-state index in [1.807, 2.05) is 0 Å². The molecule has 6 heteroatoms. The van der Waals surface area contributed by atoms with Crippen LogP contribution in [0.1, 0.15) is 311 Å². The SMILES string of the molecule is CCC(C)CCCCCCCCCCCCC(=O)O[C@@H](COC(=O)CCCCCCCCCCCCCCCCCCC(C)C)COC(=O)CCCCCCCCCCCC(C)C. The van der Waals surface area contributed by atoms with Gasteiger partial charge in [0.25, 0.3) is 0 Å². The van der Waals surface area contributed by atoms with Crippen LogP contribution in [0.2, 0.25) is 0 Å². The van der Waals surface area contributed by atoms with Crippen molar-refractivity contribution in [3.8, 4) is 0 Å². The number of unbranched alkanes of at least 4 members (excludes halogenated alkanes) is 32. The molecular weight excluding hydrogens is 781 g/mol. The number of hydrogen-bond donors (Lipinski definition) is 0. The highest BCUT2D eigenvalue weighted by Crippen LogP contribution is 2.18. The summed E-state index contributed by atoms with van der Waals surface area (Å²) in [4.78, 5) is 38.1. The lowest BCUT2D eigenvalue weighted by Crippen LogP contribution is -2.30. The maximum absolute atomic E-state index is 12.8. The molecule has 0 rings (SSSR count). The average Bonchev–Trinajstić information content (AvgIpc) is 3.25. The highest BCUT2D eigenvalue weighted by Gasteiger charge is 2.19. The van der Waals surface area contributed by atoms with Crippen LogP contribution < -0.4 is 0 Å². The van der Waals surface area contributed by atoms with Crippen molar-refractivity contribution in [1.82, 2.24) is 0 Å². The summed E-state index contributed by atoms with van der Waals surface area (Å²) in [7, 11) is 0. The quantitative estimate of drug-likeness (QED) is 0.0344. The van der Waals surface area contributed by atoms with Crippen LogP contribution in [-0.4, -0.2) is 37.2 Å². The summed E-state index contributed by atoms with van der Waals surface area (Å²) in [5, 5.41) is 0. The second-order valence-electron chi connectivity index (χ2n) is 20.8. The molecular formula is C57H110O6. The van der Waals surface area contributed by atoms with Crippen LogP contribution in [0.5, 0.6) is 0 Å². The molecule has 0 N–H and O–H groups in total. The second-order valence-corrected chi connectivity index (χ2v) is 20.8. The van der Waals surface area contributed by atoms with Gasteiger partial charge >= 0.3 is 17.9 Å². The molecule has 0 aliphatic carbocycles. The molecule has 0 aromatic carbocycles. The molecule has 0 spiro atoms. The summed E-state index contributed by atoms with van der Waals surface area (Å²) in [5.74, 6) is 1.68. The van der Waals surface area contributed by atoms with E-state index in [-0.39, 0.29) is 31.1 Å². The van der Waals surface area contributed by atoms with Crippen LogP contribution in [0.15, 0.2) is 0 Å². The lowest BCUT2D eigenvalue weighted by Gasteiger charge is -2.18. The van der Waals surface area contributed by atoms with E-state index in [2.05, 4.69) is 41.5 Å². The predicted octanol–water partition coefficient (Wildman–Crippen LogP) is 18.3. The highest BCUT2D eigenvalue weighted by atomic mass is 16.6. The Labute approximate surface area is 393 Å². The molecule has 6 nitrogen and oxygen atoms in total.